The summed E-state index contributed by atoms with van der Waals surface area (Å²) in [6, 6.07) is 1.20. The Bertz CT molecular complexity index is 956. The number of anilines is 1. The summed E-state index contributed by atoms with van der Waals surface area (Å²) >= 11 is 0. The van der Waals surface area contributed by atoms with E-state index >= 15 is 0 Å². The standard InChI is InChI=1S/C9H16N3O14P3.2Na/c10-5-1-2-12(9(15)11-5)8-7(14)6(13)4(24-8)3-23-28(19,20)26-29(21,22)25-27(16,17)18;;/h1-2,4,6-8,13-14H,3H2,(H,19,20)(H,21,22)(H2,10,11,15)(H2,16,17,18);;/t4-,6-,7-,8-;;/m1../s1. The third-order valence-electron chi connectivity index (χ3n) is 3.28. The molecule has 168 valence electrons. The van der Waals surface area contributed by atoms with E-state index in [1.807, 2.05) is 0 Å². The van der Waals surface area contributed by atoms with E-state index in [1.165, 1.54) is 6.07 Å². The molecule has 0 aliphatic carbocycles. The van der Waals surface area contributed by atoms with E-state index in [1.54, 1.807) is 0 Å². The van der Waals surface area contributed by atoms with E-state index in [-0.39, 0.29) is 64.9 Å². The SMILES string of the molecule is Nc1ccn([C@@H]2O[C@H](COP(=O)(O)OP(=O)(O)OP(=O)(O)O)[C@@H](O)[C@H]2O)c(=O)n1.[Na].[Na]. The molecule has 31 heavy (non-hydrogen) atoms. The predicted molar refractivity (Wildman–Crippen MR) is 100 cm³/mol. The number of nitrogen functional groups attached to an aromatic ring is 1. The van der Waals surface area contributed by atoms with Gasteiger partial charge in [0.1, 0.15) is 24.1 Å². The minimum Gasteiger partial charge on any atom is -0.387 e. The molecule has 0 amide bonds. The van der Waals surface area contributed by atoms with Crippen molar-refractivity contribution >= 4 is 88.4 Å². The minimum atomic E-state index is -5.71. The van der Waals surface area contributed by atoms with Crippen molar-refractivity contribution in [1.29, 1.82) is 0 Å². The average molecular weight is 529 g/mol. The van der Waals surface area contributed by atoms with Crippen molar-refractivity contribution in [1.82, 2.24) is 9.55 Å². The van der Waals surface area contributed by atoms with Crippen molar-refractivity contribution < 1.29 is 61.4 Å². The Balaban J connectivity index is 0.00000450. The molecule has 2 rings (SSSR count). The molecule has 0 saturated carbocycles. The number of aromatic nitrogens is 2. The van der Waals surface area contributed by atoms with Crippen LogP contribution >= 0.6 is 23.5 Å². The van der Waals surface area contributed by atoms with Gasteiger partial charge in [-0.2, -0.15) is 13.6 Å². The van der Waals surface area contributed by atoms with Gasteiger partial charge in [0, 0.05) is 65.3 Å². The first-order valence-corrected chi connectivity index (χ1v) is 11.8. The molecule has 1 aromatic heterocycles. The van der Waals surface area contributed by atoms with E-state index < -0.39 is 60.3 Å². The number of phosphoric ester groups is 1. The summed E-state index contributed by atoms with van der Waals surface area (Å²) in [6.45, 7) is -1.02. The second-order valence-electron chi connectivity index (χ2n) is 5.48. The third kappa shape index (κ3) is 9.62. The van der Waals surface area contributed by atoms with Gasteiger partial charge in [0.2, 0.25) is 0 Å². The van der Waals surface area contributed by atoms with Gasteiger partial charge in [-0.1, -0.05) is 0 Å². The van der Waals surface area contributed by atoms with Crippen LogP contribution in [-0.4, -0.2) is 123 Å². The monoisotopic (exact) mass is 529 g/mol. The van der Waals surface area contributed by atoms with Crippen LogP contribution in [0.5, 0.6) is 0 Å². The van der Waals surface area contributed by atoms with Gasteiger partial charge in [0.15, 0.2) is 6.23 Å². The summed E-state index contributed by atoms with van der Waals surface area (Å²) in [4.78, 5) is 50.5. The summed E-state index contributed by atoms with van der Waals surface area (Å²) < 4.78 is 50.8. The maximum atomic E-state index is 11.8. The molecular formula is C9H16N3Na2O14P3. The molecule has 8 N–H and O–H groups in total. The molecule has 1 saturated heterocycles. The molecule has 2 unspecified atom stereocenters. The molecule has 2 radical (unpaired) electrons. The summed E-state index contributed by atoms with van der Waals surface area (Å²) in [5, 5.41) is 20.0. The Hall–Kier alpha value is 0.970. The van der Waals surface area contributed by atoms with Crippen molar-refractivity contribution in [3.63, 3.8) is 0 Å². The largest absolute Gasteiger partial charge is 0.490 e. The summed E-state index contributed by atoms with van der Waals surface area (Å²) in [5.41, 5.74) is 4.39. The molecule has 0 spiro atoms. The fraction of sp³-hybridized carbons (Fsp3) is 0.556. The Kier molecular flexibility index (Phi) is 12.5. The molecular weight excluding hydrogens is 513 g/mol. The van der Waals surface area contributed by atoms with Gasteiger partial charge in [-0.15, -0.1) is 0 Å². The van der Waals surface area contributed by atoms with Gasteiger partial charge < -0.3 is 40.3 Å². The minimum absolute atomic E-state index is 0. The third-order valence-corrected chi connectivity index (χ3v) is 7.08. The molecule has 1 aliphatic rings. The average Bonchev–Trinajstić information content (AvgIpc) is 2.78. The van der Waals surface area contributed by atoms with Crippen molar-refractivity contribution in [2.24, 2.45) is 0 Å². The topological polar surface area (TPSA) is 270 Å². The summed E-state index contributed by atoms with van der Waals surface area (Å²) in [7, 11) is -16.7. The van der Waals surface area contributed by atoms with Gasteiger partial charge in [-0.25, -0.2) is 18.5 Å². The Morgan fingerprint density at radius 2 is 1.65 bits per heavy atom. The number of phosphoric acid groups is 3. The first-order valence-electron chi connectivity index (χ1n) is 7.25. The molecule has 6 atom stereocenters. The Morgan fingerprint density at radius 3 is 2.16 bits per heavy atom. The molecule has 1 aliphatic heterocycles. The molecule has 0 aromatic carbocycles. The van der Waals surface area contributed by atoms with Crippen molar-refractivity contribution in [2.45, 2.75) is 24.5 Å². The van der Waals surface area contributed by atoms with Gasteiger partial charge in [0.05, 0.1) is 6.61 Å². The molecule has 2 heterocycles. The fourth-order valence-corrected chi connectivity index (χ4v) is 5.22. The number of hydrogen-bond acceptors (Lipinski definition) is 12. The number of ether oxygens (including phenoxy) is 1. The summed E-state index contributed by atoms with van der Waals surface area (Å²) in [6.07, 6.45) is -5.38. The Morgan fingerprint density at radius 1 is 1.06 bits per heavy atom. The number of aliphatic hydroxyl groups excluding tert-OH is 2. The number of hydrogen-bond donors (Lipinski definition) is 7. The van der Waals surface area contributed by atoms with Gasteiger partial charge in [-0.05, 0) is 6.07 Å². The zero-order valence-electron chi connectivity index (χ0n) is 15.9. The van der Waals surface area contributed by atoms with Crippen LogP contribution in [-0.2, 0) is 31.6 Å². The second-order valence-corrected chi connectivity index (χ2v) is 9.90. The van der Waals surface area contributed by atoms with Crippen LogP contribution in [0.2, 0.25) is 0 Å². The first kappa shape index (κ1) is 32.0. The maximum absolute atomic E-state index is 11.8. The summed E-state index contributed by atoms with van der Waals surface area (Å²) in [5.74, 6) is -0.122. The maximum Gasteiger partial charge on any atom is 0.490 e. The van der Waals surface area contributed by atoms with E-state index in [9.17, 15) is 33.6 Å². The normalized spacial score (nSPS) is 27.4. The number of aliphatic hydroxyl groups is 2. The van der Waals surface area contributed by atoms with E-state index in [0.29, 0.717) is 0 Å². The predicted octanol–water partition coefficient (Wildman–Crippen LogP) is -2.97. The number of nitrogens with two attached hydrogens (primary N) is 1. The van der Waals surface area contributed by atoms with Crippen LogP contribution in [0.4, 0.5) is 5.82 Å². The van der Waals surface area contributed by atoms with Gasteiger partial charge in [-0.3, -0.25) is 9.09 Å². The Labute approximate surface area is 217 Å². The van der Waals surface area contributed by atoms with Crippen molar-refractivity contribution in [2.75, 3.05) is 12.3 Å². The van der Waals surface area contributed by atoms with Crippen LogP contribution in [0.15, 0.2) is 17.1 Å². The van der Waals surface area contributed by atoms with Crippen molar-refractivity contribution in [3.8, 4) is 0 Å². The number of nitrogens with zero attached hydrogens (tertiary/aromatic N) is 2. The fourth-order valence-electron chi connectivity index (χ4n) is 2.19. The van der Waals surface area contributed by atoms with Crippen LogP contribution < -0.4 is 11.4 Å². The quantitative estimate of drug-likeness (QED) is 0.131. The molecule has 1 aromatic rings. The van der Waals surface area contributed by atoms with Crippen LogP contribution in [0.1, 0.15) is 6.23 Å². The smallest absolute Gasteiger partial charge is 0.387 e. The van der Waals surface area contributed by atoms with E-state index in [2.05, 4.69) is 18.1 Å². The molecule has 1 fully saturated rings. The van der Waals surface area contributed by atoms with E-state index in [4.69, 9.17) is 25.2 Å². The molecule has 22 heteroatoms. The van der Waals surface area contributed by atoms with E-state index in [0.717, 1.165) is 10.8 Å². The zero-order chi connectivity index (χ0) is 22.2. The van der Waals surface area contributed by atoms with Crippen LogP contribution in [0, 0.1) is 0 Å². The first-order chi connectivity index (χ1) is 13.1. The second kappa shape index (κ2) is 12.1. The van der Waals surface area contributed by atoms with Crippen LogP contribution in [0.3, 0.4) is 0 Å². The number of rotatable bonds is 8. The van der Waals surface area contributed by atoms with Crippen molar-refractivity contribution in [3.05, 3.63) is 22.7 Å². The zero-order valence-corrected chi connectivity index (χ0v) is 22.6. The molecule has 17 nitrogen and oxygen atoms in total. The van der Waals surface area contributed by atoms with Gasteiger partial charge in [0.25, 0.3) is 0 Å². The van der Waals surface area contributed by atoms with Crippen LogP contribution in [0.25, 0.3) is 0 Å². The molecule has 0 bridgehead atoms. The van der Waals surface area contributed by atoms with Gasteiger partial charge >= 0.3 is 29.2 Å².